The highest BCUT2D eigenvalue weighted by atomic mass is 35.5. The smallest absolute Gasteiger partial charge is 0.206 e. The number of nitrogens with one attached hydrogen (secondary N) is 2. The van der Waals surface area contributed by atoms with Gasteiger partial charge in [0.1, 0.15) is 12.6 Å². The van der Waals surface area contributed by atoms with Crippen molar-refractivity contribution in [2.45, 2.75) is 57.7 Å². The standard InChI is InChI=1S/C21H27ClN5S/c1-20(2)9-15(10-21(3,4)26-20)23-19-25-24-18(28-19)16-7-6-13(8-17(16)22)14-11-27(5)12-14/h6-8,11-12,15,26H,9-10H2,1-5H3,(H,23,25)/q+1. The van der Waals surface area contributed by atoms with Gasteiger partial charge in [0.05, 0.1) is 5.02 Å². The third-order valence-corrected chi connectivity index (χ3v) is 6.36. The Hall–Kier alpha value is -1.76. The molecule has 1 saturated heterocycles. The van der Waals surface area contributed by atoms with Crippen LogP contribution in [-0.4, -0.2) is 45.2 Å². The Morgan fingerprint density at radius 1 is 1.18 bits per heavy atom. The summed E-state index contributed by atoms with van der Waals surface area (Å²) in [7, 11) is 2.01. The number of allylic oxidation sites excluding steroid dienone is 1. The van der Waals surface area contributed by atoms with E-state index >= 15 is 0 Å². The number of benzene rings is 1. The fraction of sp³-hybridized carbons (Fsp3) is 0.476. The molecule has 3 heterocycles. The Morgan fingerprint density at radius 2 is 1.86 bits per heavy atom. The van der Waals surface area contributed by atoms with Gasteiger partial charge in [-0.2, -0.15) is 0 Å². The van der Waals surface area contributed by atoms with Crippen LogP contribution in [0.15, 0.2) is 24.4 Å². The number of nitrogens with zero attached hydrogens (tertiary/aromatic N) is 3. The molecule has 148 valence electrons. The summed E-state index contributed by atoms with van der Waals surface area (Å²) < 4.78 is 2.03. The van der Waals surface area contributed by atoms with Crippen LogP contribution >= 0.6 is 22.9 Å². The lowest BCUT2D eigenvalue weighted by Crippen LogP contribution is -2.60. The van der Waals surface area contributed by atoms with Crippen LogP contribution in [0, 0.1) is 0 Å². The molecular formula is C21H27ClN5S+. The molecule has 0 bridgehead atoms. The maximum Gasteiger partial charge on any atom is 0.206 e. The van der Waals surface area contributed by atoms with Crippen LogP contribution in [0.4, 0.5) is 5.13 Å². The molecular weight excluding hydrogens is 390 g/mol. The average Bonchev–Trinajstić information content (AvgIpc) is 2.96. The molecule has 2 N–H and O–H groups in total. The van der Waals surface area contributed by atoms with Gasteiger partial charge in [-0.3, -0.25) is 0 Å². The SMILES string of the molecule is C[N+]1=CC(c2ccc(-c3nnc(NC4CC(C)(C)NC(C)(C)C4)s3)c(Cl)c2)=C1. The summed E-state index contributed by atoms with van der Waals surface area (Å²) in [5, 5.41) is 18.5. The van der Waals surface area contributed by atoms with Crippen LogP contribution in [0.2, 0.25) is 5.02 Å². The largest absolute Gasteiger partial charge is 0.357 e. The quantitative estimate of drug-likeness (QED) is 0.712. The van der Waals surface area contributed by atoms with Crippen LogP contribution in [0.25, 0.3) is 16.1 Å². The molecule has 1 aromatic carbocycles. The van der Waals surface area contributed by atoms with Crippen molar-refractivity contribution in [3.8, 4) is 10.6 Å². The number of anilines is 1. The van der Waals surface area contributed by atoms with Gasteiger partial charge in [-0.1, -0.05) is 29.0 Å². The van der Waals surface area contributed by atoms with Gasteiger partial charge in [-0.15, -0.1) is 10.2 Å². The second-order valence-electron chi connectivity index (χ2n) is 9.13. The van der Waals surface area contributed by atoms with E-state index in [0.29, 0.717) is 11.1 Å². The van der Waals surface area contributed by atoms with E-state index in [0.717, 1.165) is 34.1 Å². The number of hydrogen-bond acceptors (Lipinski definition) is 5. The zero-order valence-electron chi connectivity index (χ0n) is 17.0. The molecule has 7 heteroatoms. The topological polar surface area (TPSA) is 52.9 Å². The highest BCUT2D eigenvalue weighted by molar-refractivity contribution is 7.18. The summed E-state index contributed by atoms with van der Waals surface area (Å²) in [6, 6.07) is 6.48. The zero-order valence-corrected chi connectivity index (χ0v) is 18.6. The molecule has 0 saturated carbocycles. The van der Waals surface area contributed by atoms with Gasteiger partial charge >= 0.3 is 0 Å². The van der Waals surface area contributed by atoms with Crippen LogP contribution < -0.4 is 10.6 Å². The molecule has 0 radical (unpaired) electrons. The fourth-order valence-corrected chi connectivity index (χ4v) is 5.62. The van der Waals surface area contributed by atoms with E-state index in [1.54, 1.807) is 11.3 Å². The van der Waals surface area contributed by atoms with Crippen molar-refractivity contribution in [1.29, 1.82) is 0 Å². The van der Waals surface area contributed by atoms with Crippen molar-refractivity contribution >= 4 is 39.9 Å². The number of aromatic nitrogens is 2. The normalized spacial score (nSPS) is 20.9. The summed E-state index contributed by atoms with van der Waals surface area (Å²) in [4.78, 5) is 0. The first-order valence-corrected chi connectivity index (χ1v) is 10.8. The average molecular weight is 417 g/mol. The van der Waals surface area contributed by atoms with Crippen LogP contribution in [0.3, 0.4) is 0 Å². The second-order valence-corrected chi connectivity index (χ2v) is 10.5. The summed E-state index contributed by atoms with van der Waals surface area (Å²) >= 11 is 8.12. The van der Waals surface area contributed by atoms with E-state index in [4.69, 9.17) is 11.6 Å². The predicted molar refractivity (Wildman–Crippen MR) is 119 cm³/mol. The zero-order chi connectivity index (χ0) is 20.1. The van der Waals surface area contributed by atoms with Gasteiger partial charge in [0.15, 0.2) is 17.4 Å². The summed E-state index contributed by atoms with van der Waals surface area (Å²) in [5.74, 6) is 0. The molecule has 2 aromatic rings. The summed E-state index contributed by atoms with van der Waals surface area (Å²) in [6.45, 7) is 9.01. The van der Waals surface area contributed by atoms with Crippen molar-refractivity contribution in [1.82, 2.24) is 15.5 Å². The third-order valence-electron chi connectivity index (χ3n) is 5.16. The maximum absolute atomic E-state index is 6.56. The van der Waals surface area contributed by atoms with Crippen molar-refractivity contribution in [3.63, 3.8) is 0 Å². The first-order chi connectivity index (χ1) is 13.1. The first kappa shape index (κ1) is 19.6. The fourth-order valence-electron chi connectivity index (χ4n) is 4.43. The second kappa shape index (κ2) is 6.94. The minimum absolute atomic E-state index is 0.0906. The molecule has 4 rings (SSSR count). The van der Waals surface area contributed by atoms with Gasteiger partial charge in [-0.25, -0.2) is 4.58 Å². The highest BCUT2D eigenvalue weighted by Gasteiger charge is 2.37. The van der Waals surface area contributed by atoms with Gasteiger partial charge in [0, 0.05) is 22.7 Å². The number of piperidine rings is 1. The van der Waals surface area contributed by atoms with Crippen molar-refractivity contribution < 1.29 is 4.58 Å². The van der Waals surface area contributed by atoms with E-state index in [1.165, 1.54) is 5.57 Å². The molecule has 2 aliphatic heterocycles. The van der Waals surface area contributed by atoms with Crippen molar-refractivity contribution in [3.05, 3.63) is 35.0 Å². The monoisotopic (exact) mass is 416 g/mol. The predicted octanol–water partition coefficient (Wildman–Crippen LogP) is 4.65. The van der Waals surface area contributed by atoms with Crippen molar-refractivity contribution in [2.75, 3.05) is 12.4 Å². The molecule has 0 aliphatic carbocycles. The maximum atomic E-state index is 6.56. The molecule has 1 aromatic heterocycles. The molecule has 28 heavy (non-hydrogen) atoms. The lowest BCUT2D eigenvalue weighted by Gasteiger charge is -2.46. The number of halogens is 1. The van der Waals surface area contributed by atoms with Crippen LogP contribution in [0.5, 0.6) is 0 Å². The number of hydrogen-bond donors (Lipinski definition) is 2. The Morgan fingerprint density at radius 3 is 2.46 bits per heavy atom. The Kier molecular flexibility index (Phi) is 4.84. The van der Waals surface area contributed by atoms with Crippen LogP contribution in [-0.2, 0) is 0 Å². The Balaban J connectivity index is 1.50. The molecule has 0 amide bonds. The van der Waals surface area contributed by atoms with E-state index < -0.39 is 0 Å². The Labute approximate surface area is 175 Å². The van der Waals surface area contributed by atoms with Crippen molar-refractivity contribution in [2.24, 2.45) is 0 Å². The lowest BCUT2D eigenvalue weighted by atomic mass is 9.80. The highest BCUT2D eigenvalue weighted by Crippen LogP contribution is 2.36. The molecule has 5 nitrogen and oxygen atoms in total. The minimum atomic E-state index is 0.0906. The molecule has 2 aliphatic rings. The molecule has 0 unspecified atom stereocenters. The third kappa shape index (κ3) is 4.14. The van der Waals surface area contributed by atoms with E-state index in [2.05, 4.69) is 67.0 Å². The molecule has 0 atom stereocenters. The van der Waals surface area contributed by atoms with Gasteiger partial charge < -0.3 is 10.6 Å². The lowest BCUT2D eigenvalue weighted by molar-refractivity contribution is -0.423. The Bertz CT molecular complexity index is 957. The van der Waals surface area contributed by atoms with Gasteiger partial charge in [0.2, 0.25) is 5.13 Å². The van der Waals surface area contributed by atoms with Gasteiger partial charge in [-0.05, 0) is 58.2 Å². The first-order valence-electron chi connectivity index (χ1n) is 9.59. The number of rotatable bonds is 4. The summed E-state index contributed by atoms with van der Waals surface area (Å²) in [5.41, 5.74) is 3.41. The molecule has 0 spiro atoms. The summed E-state index contributed by atoms with van der Waals surface area (Å²) in [6.07, 6.45) is 6.25. The molecule has 1 fully saturated rings. The van der Waals surface area contributed by atoms with E-state index in [1.807, 2.05) is 23.8 Å². The van der Waals surface area contributed by atoms with Crippen LogP contribution in [0.1, 0.15) is 46.1 Å². The van der Waals surface area contributed by atoms with E-state index in [9.17, 15) is 0 Å². The van der Waals surface area contributed by atoms with Gasteiger partial charge in [0.25, 0.3) is 0 Å². The minimum Gasteiger partial charge on any atom is -0.357 e. The van der Waals surface area contributed by atoms with E-state index in [-0.39, 0.29) is 11.1 Å².